The molecule has 0 unspecified atom stereocenters. The van der Waals surface area contributed by atoms with E-state index >= 15 is 0 Å². The molecule has 0 aliphatic carbocycles. The van der Waals surface area contributed by atoms with E-state index in [0.717, 1.165) is 0 Å². The number of aromatic nitrogens is 2. The molecule has 0 saturated heterocycles. The summed E-state index contributed by atoms with van der Waals surface area (Å²) in [6.45, 7) is 6.08. The number of hydrogen-bond acceptors (Lipinski definition) is 5. The molecule has 0 atom stereocenters. The smallest absolute Gasteiger partial charge is 0.340 e. The number of rotatable bonds is 5. The molecule has 21 heavy (non-hydrogen) atoms. The Morgan fingerprint density at radius 1 is 1.43 bits per heavy atom. The van der Waals surface area contributed by atoms with Crippen molar-refractivity contribution < 1.29 is 14.3 Å². The molecule has 112 valence electrons. The van der Waals surface area contributed by atoms with Crippen molar-refractivity contribution in [2.45, 2.75) is 26.8 Å². The molecule has 0 aliphatic rings. The molecule has 6 nitrogen and oxygen atoms in total. The van der Waals surface area contributed by atoms with Crippen molar-refractivity contribution in [3.05, 3.63) is 36.2 Å². The standard InChI is InChI=1S/C15H19N3O3/c1-4-20-15(19)12-6-5-7-13(14(12)16)21-11-8-17-18(9-11)10(2)3/h5-10H,4,16H2,1-3H3. The summed E-state index contributed by atoms with van der Waals surface area (Å²) in [4.78, 5) is 11.8. The molecular formula is C15H19N3O3. The largest absolute Gasteiger partial charge is 0.462 e. The van der Waals surface area contributed by atoms with Gasteiger partial charge in [-0.2, -0.15) is 5.10 Å². The number of ether oxygens (including phenoxy) is 2. The first-order valence-electron chi connectivity index (χ1n) is 6.80. The van der Waals surface area contributed by atoms with Crippen LogP contribution in [0.1, 0.15) is 37.2 Å². The van der Waals surface area contributed by atoms with E-state index in [-0.39, 0.29) is 11.7 Å². The third kappa shape index (κ3) is 3.34. The molecule has 0 bridgehead atoms. The minimum Gasteiger partial charge on any atom is -0.462 e. The Morgan fingerprint density at radius 3 is 2.81 bits per heavy atom. The van der Waals surface area contributed by atoms with Crippen molar-refractivity contribution in [3.8, 4) is 11.5 Å². The zero-order chi connectivity index (χ0) is 15.4. The number of nitrogens with zero attached hydrogens (tertiary/aromatic N) is 2. The van der Waals surface area contributed by atoms with E-state index in [4.69, 9.17) is 15.2 Å². The van der Waals surface area contributed by atoms with Crippen molar-refractivity contribution in [1.29, 1.82) is 0 Å². The first-order valence-corrected chi connectivity index (χ1v) is 6.80. The van der Waals surface area contributed by atoms with Gasteiger partial charge in [-0.3, -0.25) is 4.68 Å². The number of anilines is 1. The van der Waals surface area contributed by atoms with Crippen LogP contribution in [-0.4, -0.2) is 22.4 Å². The van der Waals surface area contributed by atoms with E-state index in [2.05, 4.69) is 5.10 Å². The maximum Gasteiger partial charge on any atom is 0.340 e. The van der Waals surface area contributed by atoms with Gasteiger partial charge in [0, 0.05) is 6.04 Å². The summed E-state index contributed by atoms with van der Waals surface area (Å²) in [6, 6.07) is 5.25. The lowest BCUT2D eigenvalue weighted by Gasteiger charge is -2.10. The van der Waals surface area contributed by atoms with E-state index < -0.39 is 5.97 Å². The van der Waals surface area contributed by atoms with Crippen LogP contribution in [0.5, 0.6) is 11.5 Å². The number of nitrogens with two attached hydrogens (primary N) is 1. The molecule has 1 aromatic heterocycles. The second kappa shape index (κ2) is 6.30. The monoisotopic (exact) mass is 289 g/mol. The van der Waals surface area contributed by atoms with E-state index in [1.807, 2.05) is 13.8 Å². The molecule has 2 rings (SSSR count). The second-order valence-electron chi connectivity index (χ2n) is 4.79. The third-order valence-corrected chi connectivity index (χ3v) is 2.90. The normalized spacial score (nSPS) is 10.7. The third-order valence-electron chi connectivity index (χ3n) is 2.90. The van der Waals surface area contributed by atoms with Crippen LogP contribution < -0.4 is 10.5 Å². The lowest BCUT2D eigenvalue weighted by molar-refractivity contribution is 0.0527. The van der Waals surface area contributed by atoms with Gasteiger partial charge in [0.25, 0.3) is 0 Å². The number of carbonyl (C=O) groups excluding carboxylic acids is 1. The van der Waals surface area contributed by atoms with Crippen LogP contribution in [0.4, 0.5) is 5.69 Å². The minimum atomic E-state index is -0.460. The topological polar surface area (TPSA) is 79.4 Å². The first kappa shape index (κ1) is 14.9. The molecule has 0 amide bonds. The fourth-order valence-electron chi connectivity index (χ4n) is 1.80. The van der Waals surface area contributed by atoms with Gasteiger partial charge >= 0.3 is 5.97 Å². The Morgan fingerprint density at radius 2 is 2.19 bits per heavy atom. The maximum atomic E-state index is 11.8. The van der Waals surface area contributed by atoms with Gasteiger partial charge < -0.3 is 15.2 Å². The predicted octanol–water partition coefficient (Wildman–Crippen LogP) is 3.02. The summed E-state index contributed by atoms with van der Waals surface area (Å²) in [7, 11) is 0. The quantitative estimate of drug-likeness (QED) is 0.676. The number of benzene rings is 1. The SMILES string of the molecule is CCOC(=O)c1cccc(Oc2cnn(C(C)C)c2)c1N. The van der Waals surface area contributed by atoms with Crippen LogP contribution in [-0.2, 0) is 4.74 Å². The molecule has 0 fully saturated rings. The van der Waals surface area contributed by atoms with E-state index in [0.29, 0.717) is 23.7 Å². The van der Waals surface area contributed by atoms with E-state index in [1.165, 1.54) is 0 Å². The number of nitrogen functional groups attached to an aromatic ring is 1. The number of hydrogen-bond donors (Lipinski definition) is 1. The Hall–Kier alpha value is -2.50. The van der Waals surface area contributed by atoms with Gasteiger partial charge in [0.05, 0.1) is 30.3 Å². The highest BCUT2D eigenvalue weighted by atomic mass is 16.5. The first-order chi connectivity index (χ1) is 10.0. The van der Waals surface area contributed by atoms with Gasteiger partial charge in [-0.05, 0) is 32.9 Å². The van der Waals surface area contributed by atoms with E-state index in [1.54, 1.807) is 42.2 Å². The van der Waals surface area contributed by atoms with Crippen LogP contribution >= 0.6 is 0 Å². The fraction of sp³-hybridized carbons (Fsp3) is 0.333. The Bertz CT molecular complexity index is 635. The fourth-order valence-corrected chi connectivity index (χ4v) is 1.80. The molecule has 2 aromatic rings. The number of carbonyl (C=O) groups is 1. The highest BCUT2D eigenvalue weighted by Crippen LogP contribution is 2.30. The second-order valence-corrected chi connectivity index (χ2v) is 4.79. The zero-order valence-electron chi connectivity index (χ0n) is 12.4. The van der Waals surface area contributed by atoms with Gasteiger partial charge in [-0.25, -0.2) is 4.79 Å². The molecule has 0 spiro atoms. The summed E-state index contributed by atoms with van der Waals surface area (Å²) in [6.07, 6.45) is 3.39. The highest BCUT2D eigenvalue weighted by molar-refractivity contribution is 5.96. The van der Waals surface area contributed by atoms with Crippen LogP contribution in [0.15, 0.2) is 30.6 Å². The number of para-hydroxylation sites is 1. The van der Waals surface area contributed by atoms with Crippen LogP contribution in [0.25, 0.3) is 0 Å². The van der Waals surface area contributed by atoms with Gasteiger partial charge in [-0.15, -0.1) is 0 Å². The predicted molar refractivity (Wildman–Crippen MR) is 79.5 cm³/mol. The van der Waals surface area contributed by atoms with Gasteiger partial charge in [0.15, 0.2) is 11.5 Å². The maximum absolute atomic E-state index is 11.8. The van der Waals surface area contributed by atoms with Crippen LogP contribution in [0.2, 0.25) is 0 Å². The average Bonchev–Trinajstić information content (AvgIpc) is 2.90. The van der Waals surface area contributed by atoms with Crippen LogP contribution in [0.3, 0.4) is 0 Å². The molecule has 2 N–H and O–H groups in total. The zero-order valence-corrected chi connectivity index (χ0v) is 12.4. The Balaban J connectivity index is 2.23. The van der Waals surface area contributed by atoms with Crippen molar-refractivity contribution in [2.24, 2.45) is 0 Å². The van der Waals surface area contributed by atoms with Crippen molar-refractivity contribution in [3.63, 3.8) is 0 Å². The van der Waals surface area contributed by atoms with Gasteiger partial charge in [0.2, 0.25) is 0 Å². The van der Waals surface area contributed by atoms with E-state index in [9.17, 15) is 4.79 Å². The summed E-state index contributed by atoms with van der Waals surface area (Å²) >= 11 is 0. The summed E-state index contributed by atoms with van der Waals surface area (Å²) in [5.74, 6) is 0.513. The van der Waals surface area contributed by atoms with Gasteiger partial charge in [-0.1, -0.05) is 6.07 Å². The summed E-state index contributed by atoms with van der Waals surface area (Å²) in [5.41, 5.74) is 6.53. The molecule has 0 aliphatic heterocycles. The Kier molecular flexibility index (Phi) is 4.47. The van der Waals surface area contributed by atoms with Gasteiger partial charge in [0.1, 0.15) is 0 Å². The summed E-state index contributed by atoms with van der Waals surface area (Å²) in [5, 5.41) is 4.19. The summed E-state index contributed by atoms with van der Waals surface area (Å²) < 4.78 is 12.4. The minimum absolute atomic E-state index is 0.241. The molecular weight excluding hydrogens is 270 g/mol. The Labute approximate surface area is 123 Å². The molecule has 6 heteroatoms. The lowest BCUT2D eigenvalue weighted by atomic mass is 10.1. The average molecular weight is 289 g/mol. The number of esters is 1. The van der Waals surface area contributed by atoms with Crippen LogP contribution in [0, 0.1) is 0 Å². The molecule has 0 radical (unpaired) electrons. The highest BCUT2D eigenvalue weighted by Gasteiger charge is 2.15. The molecule has 1 heterocycles. The van der Waals surface area contributed by atoms with Crippen molar-refractivity contribution >= 4 is 11.7 Å². The lowest BCUT2D eigenvalue weighted by Crippen LogP contribution is -2.08. The van der Waals surface area contributed by atoms with Crippen molar-refractivity contribution in [1.82, 2.24) is 9.78 Å². The molecule has 0 saturated carbocycles. The van der Waals surface area contributed by atoms with Crippen molar-refractivity contribution in [2.75, 3.05) is 12.3 Å². The molecule has 1 aromatic carbocycles.